The van der Waals surface area contributed by atoms with Gasteiger partial charge in [0.15, 0.2) is 0 Å². The molecule has 0 aromatic carbocycles. The highest BCUT2D eigenvalue weighted by molar-refractivity contribution is 7.12. The van der Waals surface area contributed by atoms with Crippen LogP contribution in [-0.2, 0) is 0 Å². The van der Waals surface area contributed by atoms with E-state index in [4.69, 9.17) is 11.6 Å². The highest BCUT2D eigenvalue weighted by Crippen LogP contribution is 2.12. The first-order valence-electron chi connectivity index (χ1n) is 2.98. The summed E-state index contributed by atoms with van der Waals surface area (Å²) in [4.78, 5) is 5.26. The number of rotatable bonds is 2. The summed E-state index contributed by atoms with van der Waals surface area (Å²) in [6, 6.07) is 0. The number of hydrogen-bond donors (Lipinski definition) is 0. The predicted molar refractivity (Wildman–Crippen MR) is 46.6 cm³/mol. The van der Waals surface area contributed by atoms with Crippen LogP contribution in [0.4, 0.5) is 0 Å². The highest BCUT2D eigenvalue weighted by atomic mass is 35.5. The lowest BCUT2D eigenvalue weighted by Crippen LogP contribution is -1.60. The number of aromatic nitrogens is 1. The topological polar surface area (TPSA) is 12.9 Å². The average Bonchev–Trinajstić information content (AvgIpc) is 2.31. The number of aryl methyl sites for hydroxylation is 1. The molecule has 0 amide bonds. The van der Waals surface area contributed by atoms with Crippen molar-refractivity contribution in [1.29, 1.82) is 0 Å². The van der Waals surface area contributed by atoms with E-state index in [1.807, 2.05) is 25.3 Å². The number of thiazole rings is 1. The molecule has 0 atom stereocenters. The molecule has 1 aromatic heterocycles. The molecule has 0 bridgehead atoms. The number of nitrogens with zero attached hydrogens (tertiary/aromatic N) is 1. The van der Waals surface area contributed by atoms with Gasteiger partial charge in [0.1, 0.15) is 0 Å². The molecule has 0 saturated heterocycles. The van der Waals surface area contributed by atoms with E-state index in [0.717, 1.165) is 9.88 Å². The Hall–Kier alpha value is -0.340. The van der Waals surface area contributed by atoms with Crippen LogP contribution in [0.15, 0.2) is 12.3 Å². The number of allylic oxidation sites excluding steroid dienone is 1. The zero-order chi connectivity index (χ0) is 7.40. The molecule has 0 radical (unpaired) electrons. The molecular weight excluding hydrogens is 166 g/mol. The largest absolute Gasteiger partial charge is 0.249 e. The summed E-state index contributed by atoms with van der Waals surface area (Å²) < 4.78 is 0. The summed E-state index contributed by atoms with van der Waals surface area (Å²) >= 11 is 7.13. The maximum Gasteiger partial charge on any atom is 0.0900 e. The summed E-state index contributed by atoms with van der Waals surface area (Å²) in [6.45, 7) is 1.99. The molecule has 1 aromatic rings. The zero-order valence-electron chi connectivity index (χ0n) is 5.67. The Balaban J connectivity index is 2.67. The Labute approximate surface area is 69.4 Å². The first kappa shape index (κ1) is 7.76. The lowest BCUT2D eigenvalue weighted by Gasteiger charge is -1.77. The van der Waals surface area contributed by atoms with Crippen molar-refractivity contribution in [2.24, 2.45) is 0 Å². The normalized spacial score (nSPS) is 11.0. The van der Waals surface area contributed by atoms with Gasteiger partial charge in [-0.25, -0.2) is 4.98 Å². The molecule has 0 N–H and O–H groups in total. The Morgan fingerprint density at radius 3 is 3.10 bits per heavy atom. The van der Waals surface area contributed by atoms with Crippen LogP contribution >= 0.6 is 22.9 Å². The Bertz CT molecular complexity index is 229. The summed E-state index contributed by atoms with van der Waals surface area (Å²) in [7, 11) is 0. The number of hydrogen-bond acceptors (Lipinski definition) is 2. The van der Waals surface area contributed by atoms with Crippen molar-refractivity contribution in [2.75, 3.05) is 5.88 Å². The monoisotopic (exact) mass is 173 g/mol. The van der Waals surface area contributed by atoms with E-state index in [2.05, 4.69) is 4.98 Å². The van der Waals surface area contributed by atoms with Gasteiger partial charge in [0.2, 0.25) is 0 Å². The van der Waals surface area contributed by atoms with E-state index in [9.17, 15) is 0 Å². The van der Waals surface area contributed by atoms with Gasteiger partial charge < -0.3 is 0 Å². The maximum absolute atomic E-state index is 5.46. The van der Waals surface area contributed by atoms with E-state index in [1.54, 1.807) is 11.3 Å². The molecule has 10 heavy (non-hydrogen) atoms. The van der Waals surface area contributed by atoms with E-state index < -0.39 is 0 Å². The van der Waals surface area contributed by atoms with Crippen LogP contribution in [0.1, 0.15) is 9.88 Å². The van der Waals surface area contributed by atoms with Gasteiger partial charge in [-0.1, -0.05) is 6.08 Å². The van der Waals surface area contributed by atoms with Crippen molar-refractivity contribution < 1.29 is 0 Å². The van der Waals surface area contributed by atoms with E-state index in [1.165, 1.54) is 0 Å². The molecular formula is C7H8ClNS. The lowest BCUT2D eigenvalue weighted by molar-refractivity contribution is 1.30. The molecule has 3 heteroatoms. The molecule has 54 valence electrons. The minimum absolute atomic E-state index is 0.566. The van der Waals surface area contributed by atoms with Gasteiger partial charge in [0.05, 0.1) is 5.01 Å². The predicted octanol–water partition coefficient (Wildman–Crippen LogP) is 2.70. The Kier molecular flexibility index (Phi) is 2.90. The van der Waals surface area contributed by atoms with Crippen molar-refractivity contribution in [1.82, 2.24) is 4.98 Å². The van der Waals surface area contributed by atoms with Crippen molar-refractivity contribution in [3.05, 3.63) is 22.2 Å². The van der Waals surface area contributed by atoms with Gasteiger partial charge in [-0.2, -0.15) is 0 Å². The Morgan fingerprint density at radius 1 is 1.80 bits per heavy atom. The van der Waals surface area contributed by atoms with Gasteiger partial charge in [0.25, 0.3) is 0 Å². The van der Waals surface area contributed by atoms with E-state index in [0.29, 0.717) is 5.88 Å². The van der Waals surface area contributed by atoms with Crippen LogP contribution in [0.2, 0.25) is 0 Å². The number of halogens is 1. The third-order valence-electron chi connectivity index (χ3n) is 1.01. The second-order valence-electron chi connectivity index (χ2n) is 1.84. The third-order valence-corrected chi connectivity index (χ3v) is 2.07. The van der Waals surface area contributed by atoms with Crippen LogP contribution in [0, 0.1) is 6.92 Å². The highest BCUT2D eigenvalue weighted by Gasteiger charge is 1.90. The average molecular weight is 174 g/mol. The van der Waals surface area contributed by atoms with Gasteiger partial charge in [0, 0.05) is 17.0 Å². The van der Waals surface area contributed by atoms with Crippen molar-refractivity contribution in [2.45, 2.75) is 6.92 Å². The summed E-state index contributed by atoms with van der Waals surface area (Å²) in [5.74, 6) is 0.566. The SMILES string of the molecule is Cc1ncc(C=CCCl)s1. The third kappa shape index (κ3) is 2.12. The second kappa shape index (κ2) is 3.74. The van der Waals surface area contributed by atoms with E-state index in [-0.39, 0.29) is 0 Å². The minimum atomic E-state index is 0.566. The molecule has 0 spiro atoms. The van der Waals surface area contributed by atoms with Crippen LogP contribution in [0.3, 0.4) is 0 Å². The van der Waals surface area contributed by atoms with Gasteiger partial charge in [-0.05, 0) is 13.0 Å². The molecule has 1 nitrogen and oxygen atoms in total. The van der Waals surface area contributed by atoms with Crippen LogP contribution in [0.5, 0.6) is 0 Å². The number of alkyl halides is 1. The smallest absolute Gasteiger partial charge is 0.0900 e. The van der Waals surface area contributed by atoms with E-state index >= 15 is 0 Å². The van der Waals surface area contributed by atoms with Crippen molar-refractivity contribution in [3.63, 3.8) is 0 Å². The Morgan fingerprint density at radius 2 is 2.60 bits per heavy atom. The van der Waals surface area contributed by atoms with Gasteiger partial charge in [-0.3, -0.25) is 0 Å². The van der Waals surface area contributed by atoms with Gasteiger partial charge >= 0.3 is 0 Å². The van der Waals surface area contributed by atoms with Crippen LogP contribution < -0.4 is 0 Å². The first-order chi connectivity index (χ1) is 4.83. The molecule has 1 rings (SSSR count). The fraction of sp³-hybridized carbons (Fsp3) is 0.286. The summed E-state index contributed by atoms with van der Waals surface area (Å²) in [6.07, 6.45) is 5.75. The van der Waals surface area contributed by atoms with Crippen molar-refractivity contribution in [3.8, 4) is 0 Å². The molecule has 0 unspecified atom stereocenters. The quantitative estimate of drug-likeness (QED) is 0.627. The molecule has 0 aliphatic carbocycles. The van der Waals surface area contributed by atoms with Crippen LogP contribution in [-0.4, -0.2) is 10.9 Å². The first-order valence-corrected chi connectivity index (χ1v) is 4.33. The zero-order valence-corrected chi connectivity index (χ0v) is 7.25. The fourth-order valence-corrected chi connectivity index (χ4v) is 1.42. The molecule has 0 fully saturated rings. The molecule has 0 saturated carbocycles. The lowest BCUT2D eigenvalue weighted by atomic mass is 10.5. The fourth-order valence-electron chi connectivity index (χ4n) is 0.616. The van der Waals surface area contributed by atoms with Gasteiger partial charge in [-0.15, -0.1) is 22.9 Å². The molecule has 0 aliphatic heterocycles. The second-order valence-corrected chi connectivity index (χ2v) is 3.41. The standard InChI is InChI=1S/C7H8ClNS/c1-6-9-5-7(10-6)3-2-4-8/h2-3,5H,4H2,1H3. The minimum Gasteiger partial charge on any atom is -0.249 e. The summed E-state index contributed by atoms with van der Waals surface area (Å²) in [5, 5.41) is 1.09. The van der Waals surface area contributed by atoms with Crippen LogP contribution in [0.25, 0.3) is 6.08 Å². The molecule has 1 heterocycles. The van der Waals surface area contributed by atoms with Crippen molar-refractivity contribution >= 4 is 29.0 Å². The molecule has 0 aliphatic rings. The summed E-state index contributed by atoms with van der Waals surface area (Å²) in [5.41, 5.74) is 0. The maximum atomic E-state index is 5.46.